The number of aromatic nitrogens is 2. The Bertz CT molecular complexity index is 1820. The van der Waals surface area contributed by atoms with Gasteiger partial charge < -0.3 is 14.6 Å². The summed E-state index contributed by atoms with van der Waals surface area (Å²) in [6.07, 6.45) is 2.96. The third-order valence-corrected chi connectivity index (χ3v) is 10.2. The van der Waals surface area contributed by atoms with Gasteiger partial charge in [0.25, 0.3) is 0 Å². The highest BCUT2D eigenvalue weighted by molar-refractivity contribution is 6.31. The number of likely N-dealkylation sites (tertiary alicyclic amines) is 1. The molecule has 222 valence electrons. The first kappa shape index (κ1) is 28.3. The number of fused-ring (bicyclic) bond motifs is 7. The number of esters is 1. The van der Waals surface area contributed by atoms with Gasteiger partial charge >= 0.3 is 5.97 Å². The number of nitrogens with zero attached hydrogens (tertiary/aromatic N) is 3. The first-order valence-electron chi connectivity index (χ1n) is 14.2. The molecule has 4 aromatic rings. The molecule has 1 aliphatic carbocycles. The van der Waals surface area contributed by atoms with Gasteiger partial charge in [0, 0.05) is 47.2 Å². The minimum Gasteiger partial charge on any atom is -0.465 e. The van der Waals surface area contributed by atoms with Gasteiger partial charge in [0.15, 0.2) is 0 Å². The molecule has 0 bridgehead atoms. The van der Waals surface area contributed by atoms with Crippen molar-refractivity contribution >= 4 is 51.8 Å². The summed E-state index contributed by atoms with van der Waals surface area (Å²) in [7, 11) is 1.35. The van der Waals surface area contributed by atoms with E-state index < -0.39 is 23.2 Å². The lowest BCUT2D eigenvalue weighted by Gasteiger charge is -2.40. The second-order valence-corrected chi connectivity index (χ2v) is 12.7. The summed E-state index contributed by atoms with van der Waals surface area (Å²) in [5, 5.41) is 3.65. The normalized spacial score (nSPS) is 25.7. The Morgan fingerprint density at radius 3 is 2.72 bits per heavy atom. The van der Waals surface area contributed by atoms with Crippen LogP contribution in [0.3, 0.4) is 0 Å². The highest BCUT2D eigenvalue weighted by Gasteiger charge is 2.69. The average Bonchev–Trinajstić information content (AvgIpc) is 3.57. The molecular formula is C33H31Cl2FN4O3. The van der Waals surface area contributed by atoms with Crippen LogP contribution in [0.2, 0.25) is 10.0 Å². The van der Waals surface area contributed by atoms with Crippen molar-refractivity contribution in [1.82, 2.24) is 14.5 Å². The Balaban J connectivity index is 0.00000300. The van der Waals surface area contributed by atoms with Crippen molar-refractivity contribution in [3.63, 3.8) is 0 Å². The van der Waals surface area contributed by atoms with Crippen molar-refractivity contribution < 1.29 is 18.7 Å². The van der Waals surface area contributed by atoms with Crippen LogP contribution in [-0.4, -0.2) is 46.0 Å². The van der Waals surface area contributed by atoms with Crippen LogP contribution >= 0.6 is 23.2 Å². The lowest BCUT2D eigenvalue weighted by Crippen LogP contribution is -2.53. The number of hydrogen-bond donors (Lipinski definition) is 1. The van der Waals surface area contributed by atoms with Gasteiger partial charge in [-0.05, 0) is 67.1 Å². The molecule has 1 aromatic heterocycles. The average molecular weight is 622 g/mol. The molecular weight excluding hydrogens is 590 g/mol. The Morgan fingerprint density at radius 1 is 1.14 bits per heavy atom. The topological polar surface area (TPSA) is 76.5 Å². The van der Waals surface area contributed by atoms with E-state index in [0.29, 0.717) is 39.8 Å². The third kappa shape index (κ3) is 3.92. The molecule has 1 spiro atoms. The number of imidazole rings is 1. The summed E-state index contributed by atoms with van der Waals surface area (Å²) < 4.78 is 23.3. The highest BCUT2D eigenvalue weighted by atomic mass is 35.5. The number of hydrogen-bond acceptors (Lipinski definition) is 5. The third-order valence-electron chi connectivity index (χ3n) is 9.68. The highest BCUT2D eigenvalue weighted by Crippen LogP contribution is 2.64. The number of carbonyl (C=O) groups excluding carboxylic acids is 2. The summed E-state index contributed by atoms with van der Waals surface area (Å²) in [4.78, 5) is 34.3. The van der Waals surface area contributed by atoms with E-state index in [1.807, 2.05) is 12.1 Å². The number of anilines is 1. The van der Waals surface area contributed by atoms with E-state index in [-0.39, 0.29) is 30.3 Å². The van der Waals surface area contributed by atoms with Crippen LogP contribution in [0.25, 0.3) is 11.0 Å². The van der Waals surface area contributed by atoms with E-state index in [9.17, 15) is 9.59 Å². The molecule has 2 fully saturated rings. The molecule has 1 N–H and O–H groups in total. The molecule has 1 saturated heterocycles. The Labute approximate surface area is 258 Å². The first-order valence-corrected chi connectivity index (χ1v) is 15.0. The maximum Gasteiger partial charge on any atom is 0.337 e. The van der Waals surface area contributed by atoms with Crippen LogP contribution in [0.5, 0.6) is 0 Å². The van der Waals surface area contributed by atoms with E-state index in [1.165, 1.54) is 13.2 Å². The largest absolute Gasteiger partial charge is 0.465 e. The number of rotatable bonds is 4. The molecule has 4 atom stereocenters. The maximum absolute atomic E-state index is 16.2. The Morgan fingerprint density at radius 2 is 1.95 bits per heavy atom. The molecule has 43 heavy (non-hydrogen) atoms. The van der Waals surface area contributed by atoms with E-state index in [1.54, 1.807) is 36.4 Å². The van der Waals surface area contributed by atoms with Crippen LogP contribution in [0.15, 0.2) is 54.6 Å². The second-order valence-electron chi connectivity index (χ2n) is 11.8. The molecule has 0 unspecified atom stereocenters. The quantitative estimate of drug-likeness (QED) is 0.246. The van der Waals surface area contributed by atoms with Crippen LogP contribution in [0.1, 0.15) is 65.8 Å². The smallest absolute Gasteiger partial charge is 0.337 e. The fourth-order valence-corrected chi connectivity index (χ4v) is 8.19. The molecule has 4 heterocycles. The van der Waals surface area contributed by atoms with E-state index in [2.05, 4.69) is 14.8 Å². The zero-order chi connectivity index (χ0) is 28.9. The lowest BCUT2D eigenvalue weighted by atomic mass is 9.70. The molecule has 7 nitrogen and oxygen atoms in total. The van der Waals surface area contributed by atoms with Gasteiger partial charge in [0.1, 0.15) is 17.2 Å². The minimum absolute atomic E-state index is 0. The number of nitrogens with one attached hydrogen (secondary N) is 1. The molecule has 3 aliphatic heterocycles. The zero-order valence-corrected chi connectivity index (χ0v) is 24.3. The Hall–Kier alpha value is -3.46. The van der Waals surface area contributed by atoms with Crippen molar-refractivity contribution in [3.05, 3.63) is 93.0 Å². The van der Waals surface area contributed by atoms with Gasteiger partial charge in [-0.3, -0.25) is 9.69 Å². The fourth-order valence-electron chi connectivity index (χ4n) is 7.84. The molecule has 1 amide bonds. The van der Waals surface area contributed by atoms with Gasteiger partial charge in [-0.15, -0.1) is 0 Å². The zero-order valence-electron chi connectivity index (χ0n) is 22.7. The SMILES string of the molecule is C.COC(=O)c1ccc2c(c1)nc1n2CC[C@H]2[C@@H]1[C@H](c1cccc(Cl)c1F)[C@]1(C(=O)Nc3cc(Cl)ccc31)N2CC1CC1. The maximum atomic E-state index is 16.2. The predicted octanol–water partition coefficient (Wildman–Crippen LogP) is 7.12. The molecule has 8 rings (SSSR count). The number of benzene rings is 3. The number of amides is 1. The predicted molar refractivity (Wildman–Crippen MR) is 164 cm³/mol. The molecule has 10 heteroatoms. The van der Waals surface area contributed by atoms with Gasteiger partial charge in [-0.2, -0.15) is 0 Å². The minimum atomic E-state index is -1.19. The van der Waals surface area contributed by atoms with Gasteiger partial charge in [0.05, 0.1) is 28.7 Å². The van der Waals surface area contributed by atoms with Gasteiger partial charge in [0.2, 0.25) is 5.91 Å². The van der Waals surface area contributed by atoms with Crippen molar-refractivity contribution in [2.45, 2.75) is 56.7 Å². The second kappa shape index (κ2) is 10.0. The van der Waals surface area contributed by atoms with Crippen molar-refractivity contribution in [2.24, 2.45) is 5.92 Å². The molecule has 4 aliphatic rings. The molecule has 1 saturated carbocycles. The molecule has 3 aromatic carbocycles. The summed E-state index contributed by atoms with van der Waals surface area (Å²) in [6, 6.07) is 15.8. The summed E-state index contributed by atoms with van der Waals surface area (Å²) in [5.41, 5.74) is 2.62. The lowest BCUT2D eigenvalue weighted by molar-refractivity contribution is -0.128. The number of halogens is 3. The van der Waals surface area contributed by atoms with Crippen molar-refractivity contribution in [2.75, 3.05) is 19.0 Å². The fraction of sp³-hybridized carbons (Fsp3) is 0.364. The van der Waals surface area contributed by atoms with Crippen LogP contribution in [-0.2, 0) is 21.6 Å². The van der Waals surface area contributed by atoms with Crippen molar-refractivity contribution in [1.29, 1.82) is 0 Å². The van der Waals surface area contributed by atoms with Gasteiger partial charge in [-0.25, -0.2) is 14.2 Å². The number of carbonyl (C=O) groups is 2. The summed E-state index contributed by atoms with van der Waals surface area (Å²) in [5.74, 6) is -0.849. The van der Waals surface area contributed by atoms with Crippen LogP contribution in [0.4, 0.5) is 10.1 Å². The van der Waals surface area contributed by atoms with Crippen LogP contribution in [0, 0.1) is 11.7 Å². The Kier molecular flexibility index (Phi) is 6.61. The first-order chi connectivity index (χ1) is 20.3. The monoisotopic (exact) mass is 620 g/mol. The van der Waals surface area contributed by atoms with Crippen LogP contribution < -0.4 is 5.32 Å². The number of methoxy groups -OCH3 is 1. The van der Waals surface area contributed by atoms with Crippen molar-refractivity contribution in [3.8, 4) is 0 Å². The number of ether oxygens (including phenoxy) is 1. The number of aryl methyl sites for hydroxylation is 1. The summed E-state index contributed by atoms with van der Waals surface area (Å²) in [6.45, 7) is 1.41. The van der Waals surface area contributed by atoms with E-state index in [0.717, 1.165) is 42.7 Å². The summed E-state index contributed by atoms with van der Waals surface area (Å²) >= 11 is 12.8. The molecule has 0 radical (unpaired) electrons. The standard InChI is InChI=1S/C32H27Cl2FN4O3.CH4/c1-42-30(40)17-7-10-24-23(13-17)36-29-26-25(11-12-38(24)29)39(15-16-5-6-16)32(27(26)19-3-2-4-21(34)28(19)35)20-9-8-18(33)14-22(20)37-31(32)41;/h2-4,7-10,13-14,16,25-27H,5-6,11-12,15H2,1H3,(H,37,41);1H4/t25-,26+,27-,32+;/m0./s1. The van der Waals surface area contributed by atoms with E-state index >= 15 is 4.39 Å². The van der Waals surface area contributed by atoms with E-state index in [4.69, 9.17) is 32.9 Å². The van der Waals surface area contributed by atoms with Gasteiger partial charge in [-0.1, -0.05) is 48.8 Å².